The zero-order valence-electron chi connectivity index (χ0n) is 16.0. The first-order chi connectivity index (χ1) is 14.1. The molecule has 1 saturated heterocycles. The van der Waals surface area contributed by atoms with Crippen molar-refractivity contribution in [2.24, 2.45) is 0 Å². The highest BCUT2D eigenvalue weighted by molar-refractivity contribution is 5.56. The summed E-state index contributed by atoms with van der Waals surface area (Å²) in [5, 5.41) is 2.81. The number of nitrogens with zero attached hydrogens (tertiary/aromatic N) is 4. The van der Waals surface area contributed by atoms with Crippen LogP contribution in [-0.2, 0) is 0 Å². The van der Waals surface area contributed by atoms with Crippen molar-refractivity contribution >= 4 is 23.1 Å². The van der Waals surface area contributed by atoms with E-state index in [1.165, 1.54) is 12.1 Å². The number of benzene rings is 2. The van der Waals surface area contributed by atoms with Gasteiger partial charge in [-0.2, -0.15) is 4.98 Å². The van der Waals surface area contributed by atoms with Gasteiger partial charge in [0.1, 0.15) is 23.2 Å². The number of methoxy groups -OCH3 is 1. The van der Waals surface area contributed by atoms with Crippen LogP contribution in [0.5, 0.6) is 5.75 Å². The maximum absolute atomic E-state index is 13.9. The molecule has 3 aromatic rings. The lowest BCUT2D eigenvalue weighted by Gasteiger charge is -2.36. The van der Waals surface area contributed by atoms with Crippen molar-refractivity contribution in [3.05, 3.63) is 66.4 Å². The summed E-state index contributed by atoms with van der Waals surface area (Å²) in [4.78, 5) is 13.1. The van der Waals surface area contributed by atoms with E-state index >= 15 is 0 Å². The Balaban J connectivity index is 1.41. The SMILES string of the molecule is COc1ccc(N2CCN(c3ccnc(Nc4ccc(F)cc4F)n3)CC2)cc1. The number of hydrogen-bond acceptors (Lipinski definition) is 6. The molecule has 8 heteroatoms. The molecule has 2 heterocycles. The molecular weight excluding hydrogens is 376 g/mol. The minimum Gasteiger partial charge on any atom is -0.497 e. The minimum absolute atomic E-state index is 0.132. The normalized spacial score (nSPS) is 14.0. The van der Waals surface area contributed by atoms with Crippen molar-refractivity contribution in [1.29, 1.82) is 0 Å². The summed E-state index contributed by atoms with van der Waals surface area (Å²) in [5.41, 5.74) is 1.29. The number of anilines is 4. The van der Waals surface area contributed by atoms with Crippen LogP contribution in [0.25, 0.3) is 0 Å². The Morgan fingerprint density at radius 3 is 2.34 bits per heavy atom. The number of nitrogens with one attached hydrogen (secondary N) is 1. The average molecular weight is 397 g/mol. The molecule has 1 N–H and O–H groups in total. The summed E-state index contributed by atoms with van der Waals surface area (Å²) < 4.78 is 32.1. The van der Waals surface area contributed by atoms with Gasteiger partial charge in [0.05, 0.1) is 12.8 Å². The van der Waals surface area contributed by atoms with E-state index in [0.29, 0.717) is 0 Å². The van der Waals surface area contributed by atoms with Crippen molar-refractivity contribution in [3.63, 3.8) is 0 Å². The van der Waals surface area contributed by atoms with Crippen molar-refractivity contribution in [2.45, 2.75) is 0 Å². The van der Waals surface area contributed by atoms with E-state index in [1.807, 2.05) is 18.2 Å². The monoisotopic (exact) mass is 397 g/mol. The molecule has 1 aliphatic rings. The summed E-state index contributed by atoms with van der Waals surface area (Å²) >= 11 is 0. The van der Waals surface area contributed by atoms with Gasteiger partial charge in [0.2, 0.25) is 5.95 Å². The first-order valence-electron chi connectivity index (χ1n) is 9.31. The molecule has 0 radical (unpaired) electrons. The zero-order chi connectivity index (χ0) is 20.2. The molecule has 0 amide bonds. The van der Waals surface area contributed by atoms with Crippen LogP contribution in [0.3, 0.4) is 0 Å². The van der Waals surface area contributed by atoms with Gasteiger partial charge in [0.15, 0.2) is 0 Å². The Labute approximate surface area is 167 Å². The van der Waals surface area contributed by atoms with Crippen LogP contribution >= 0.6 is 0 Å². The molecule has 0 aliphatic carbocycles. The average Bonchev–Trinajstić information content (AvgIpc) is 2.76. The van der Waals surface area contributed by atoms with Gasteiger partial charge in [-0.15, -0.1) is 0 Å². The zero-order valence-corrected chi connectivity index (χ0v) is 16.0. The second-order valence-corrected chi connectivity index (χ2v) is 6.66. The summed E-state index contributed by atoms with van der Waals surface area (Å²) in [6, 6.07) is 13.2. The van der Waals surface area contributed by atoms with Gasteiger partial charge < -0.3 is 19.9 Å². The maximum atomic E-state index is 13.9. The van der Waals surface area contributed by atoms with Gasteiger partial charge in [-0.25, -0.2) is 13.8 Å². The first-order valence-corrected chi connectivity index (χ1v) is 9.31. The molecule has 6 nitrogen and oxygen atoms in total. The van der Waals surface area contributed by atoms with E-state index in [2.05, 4.69) is 37.2 Å². The van der Waals surface area contributed by atoms with E-state index in [1.54, 1.807) is 13.3 Å². The van der Waals surface area contributed by atoms with Crippen LogP contribution in [0.1, 0.15) is 0 Å². The molecule has 0 bridgehead atoms. The van der Waals surface area contributed by atoms with Gasteiger partial charge in [-0.05, 0) is 42.5 Å². The molecule has 1 aliphatic heterocycles. The molecule has 0 atom stereocenters. The fourth-order valence-corrected chi connectivity index (χ4v) is 3.28. The Morgan fingerprint density at radius 1 is 0.931 bits per heavy atom. The quantitative estimate of drug-likeness (QED) is 0.706. The Bertz CT molecular complexity index is 975. The fourth-order valence-electron chi connectivity index (χ4n) is 3.28. The number of aromatic nitrogens is 2. The third-order valence-corrected chi connectivity index (χ3v) is 4.86. The number of halogens is 2. The largest absolute Gasteiger partial charge is 0.497 e. The lowest BCUT2D eigenvalue weighted by atomic mass is 10.2. The fraction of sp³-hybridized carbons (Fsp3) is 0.238. The van der Waals surface area contributed by atoms with Crippen molar-refractivity contribution in [3.8, 4) is 5.75 Å². The molecule has 29 heavy (non-hydrogen) atoms. The van der Waals surface area contributed by atoms with Crippen LogP contribution in [0.15, 0.2) is 54.7 Å². The summed E-state index contributed by atoms with van der Waals surface area (Å²) in [7, 11) is 1.66. The Hall–Kier alpha value is -3.42. The van der Waals surface area contributed by atoms with Crippen LogP contribution in [-0.4, -0.2) is 43.3 Å². The molecule has 150 valence electrons. The van der Waals surface area contributed by atoms with Crippen LogP contribution < -0.4 is 19.9 Å². The van der Waals surface area contributed by atoms with Crippen molar-refractivity contribution in [2.75, 3.05) is 48.4 Å². The second kappa shape index (κ2) is 8.30. The van der Waals surface area contributed by atoms with Gasteiger partial charge in [0, 0.05) is 44.1 Å². The van der Waals surface area contributed by atoms with E-state index in [0.717, 1.165) is 49.5 Å². The van der Waals surface area contributed by atoms with Crippen LogP contribution in [0, 0.1) is 11.6 Å². The number of rotatable bonds is 5. The highest BCUT2D eigenvalue weighted by Crippen LogP contribution is 2.23. The lowest BCUT2D eigenvalue weighted by molar-refractivity contribution is 0.415. The van der Waals surface area contributed by atoms with Crippen molar-refractivity contribution in [1.82, 2.24) is 9.97 Å². The standard InChI is InChI=1S/C21H21F2N5O/c1-29-17-5-3-16(4-6-17)27-10-12-28(13-11-27)20-8-9-24-21(26-20)25-19-7-2-15(22)14-18(19)23/h2-9,14H,10-13H2,1H3,(H,24,25,26). The molecule has 1 aromatic heterocycles. The molecule has 0 unspecified atom stereocenters. The molecule has 1 fully saturated rings. The van der Waals surface area contributed by atoms with E-state index < -0.39 is 11.6 Å². The summed E-state index contributed by atoms with van der Waals surface area (Å²) in [5.74, 6) is 0.556. The van der Waals surface area contributed by atoms with Crippen LogP contribution in [0.2, 0.25) is 0 Å². The van der Waals surface area contributed by atoms with Gasteiger partial charge in [-0.1, -0.05) is 0 Å². The number of piperazine rings is 1. The Morgan fingerprint density at radius 2 is 1.66 bits per heavy atom. The highest BCUT2D eigenvalue weighted by atomic mass is 19.1. The molecule has 2 aromatic carbocycles. The third-order valence-electron chi connectivity index (χ3n) is 4.86. The molecule has 0 spiro atoms. The summed E-state index contributed by atoms with van der Waals surface area (Å²) in [6.45, 7) is 3.30. The molecular formula is C21H21F2N5O. The molecule has 0 saturated carbocycles. The van der Waals surface area contributed by atoms with Gasteiger partial charge in [-0.3, -0.25) is 0 Å². The number of ether oxygens (including phenoxy) is 1. The van der Waals surface area contributed by atoms with E-state index in [4.69, 9.17) is 4.74 Å². The Kier molecular flexibility index (Phi) is 5.41. The minimum atomic E-state index is -0.688. The predicted molar refractivity (Wildman–Crippen MR) is 109 cm³/mol. The maximum Gasteiger partial charge on any atom is 0.229 e. The smallest absolute Gasteiger partial charge is 0.229 e. The van der Waals surface area contributed by atoms with Crippen LogP contribution in [0.4, 0.5) is 31.9 Å². The van der Waals surface area contributed by atoms with E-state index in [9.17, 15) is 8.78 Å². The van der Waals surface area contributed by atoms with Gasteiger partial charge >= 0.3 is 0 Å². The van der Waals surface area contributed by atoms with Crippen molar-refractivity contribution < 1.29 is 13.5 Å². The predicted octanol–water partition coefficient (Wildman–Crippen LogP) is 3.83. The number of hydrogen-bond donors (Lipinski definition) is 1. The first kappa shape index (κ1) is 18.9. The second-order valence-electron chi connectivity index (χ2n) is 6.66. The summed E-state index contributed by atoms with van der Waals surface area (Å²) in [6.07, 6.45) is 1.63. The lowest BCUT2D eigenvalue weighted by Crippen LogP contribution is -2.46. The third kappa shape index (κ3) is 4.37. The topological polar surface area (TPSA) is 53.5 Å². The molecule has 4 rings (SSSR count). The van der Waals surface area contributed by atoms with Gasteiger partial charge in [0.25, 0.3) is 0 Å². The van der Waals surface area contributed by atoms with E-state index in [-0.39, 0.29) is 11.6 Å². The highest BCUT2D eigenvalue weighted by Gasteiger charge is 2.19.